The van der Waals surface area contributed by atoms with Gasteiger partial charge in [0, 0.05) is 56.7 Å². The van der Waals surface area contributed by atoms with E-state index in [0.717, 1.165) is 51.9 Å². The smallest absolute Gasteiger partial charge is 0.225 e. The monoisotopic (exact) mass is 373 g/mol. The van der Waals surface area contributed by atoms with Gasteiger partial charge in [0.1, 0.15) is 0 Å². The minimum absolute atomic E-state index is 0.698. The van der Waals surface area contributed by atoms with E-state index in [-0.39, 0.29) is 0 Å². The van der Waals surface area contributed by atoms with Crippen molar-refractivity contribution in [1.82, 2.24) is 19.8 Å². The highest BCUT2D eigenvalue weighted by Gasteiger charge is 2.24. The Hall–Kier alpha value is -1.24. The van der Waals surface area contributed by atoms with Gasteiger partial charge in [-0.25, -0.2) is 9.97 Å². The zero-order valence-electron chi connectivity index (χ0n) is 16.7. The van der Waals surface area contributed by atoms with Gasteiger partial charge < -0.3 is 9.64 Å². The predicted molar refractivity (Wildman–Crippen MR) is 108 cm³/mol. The largest absolute Gasteiger partial charge is 0.379 e. The van der Waals surface area contributed by atoms with E-state index >= 15 is 0 Å². The van der Waals surface area contributed by atoms with Gasteiger partial charge in [0.25, 0.3) is 0 Å². The van der Waals surface area contributed by atoms with Crippen LogP contribution in [0, 0.1) is 0 Å². The van der Waals surface area contributed by atoms with Gasteiger partial charge in [-0.1, -0.05) is 6.42 Å². The van der Waals surface area contributed by atoms with Gasteiger partial charge in [0.05, 0.1) is 13.2 Å². The molecule has 3 aliphatic heterocycles. The van der Waals surface area contributed by atoms with Crippen LogP contribution in [0.5, 0.6) is 0 Å². The number of rotatable bonds is 6. The summed E-state index contributed by atoms with van der Waals surface area (Å²) in [6, 6.07) is 0.698. The minimum Gasteiger partial charge on any atom is -0.379 e. The number of likely N-dealkylation sites (tertiary alicyclic amines) is 1. The number of morpholine rings is 1. The maximum absolute atomic E-state index is 5.48. The fourth-order valence-corrected chi connectivity index (χ4v) is 4.67. The Labute approximate surface area is 163 Å². The first-order chi connectivity index (χ1) is 13.4. The van der Waals surface area contributed by atoms with Crippen molar-refractivity contribution >= 4 is 5.95 Å². The highest BCUT2D eigenvalue weighted by molar-refractivity contribution is 5.30. The molecule has 0 amide bonds. The number of nitrogens with zero attached hydrogens (tertiary/aromatic N) is 5. The van der Waals surface area contributed by atoms with Crippen LogP contribution in [0.1, 0.15) is 50.5 Å². The highest BCUT2D eigenvalue weighted by Crippen LogP contribution is 2.23. The van der Waals surface area contributed by atoms with E-state index in [4.69, 9.17) is 4.74 Å². The molecule has 0 bridgehead atoms. The van der Waals surface area contributed by atoms with Crippen LogP contribution >= 0.6 is 0 Å². The van der Waals surface area contributed by atoms with Crippen LogP contribution in [-0.2, 0) is 11.3 Å². The number of ether oxygens (including phenoxy) is 1. The van der Waals surface area contributed by atoms with Gasteiger partial charge in [-0.2, -0.15) is 0 Å². The summed E-state index contributed by atoms with van der Waals surface area (Å²) in [7, 11) is 0. The molecule has 0 radical (unpaired) electrons. The topological polar surface area (TPSA) is 44.7 Å². The van der Waals surface area contributed by atoms with Crippen LogP contribution in [0.15, 0.2) is 12.4 Å². The van der Waals surface area contributed by atoms with E-state index in [0.29, 0.717) is 6.04 Å². The Kier molecular flexibility index (Phi) is 6.93. The van der Waals surface area contributed by atoms with Crippen LogP contribution in [0.4, 0.5) is 5.95 Å². The fraction of sp³-hybridized carbons (Fsp3) is 0.810. The number of hydrogen-bond acceptors (Lipinski definition) is 6. The quantitative estimate of drug-likeness (QED) is 0.764. The van der Waals surface area contributed by atoms with Crippen LogP contribution in [-0.4, -0.2) is 78.3 Å². The third kappa shape index (κ3) is 5.39. The molecule has 6 nitrogen and oxygen atoms in total. The maximum Gasteiger partial charge on any atom is 0.225 e. The summed E-state index contributed by atoms with van der Waals surface area (Å²) in [6.07, 6.45) is 13.3. The van der Waals surface area contributed by atoms with Crippen LogP contribution in [0.2, 0.25) is 0 Å². The molecule has 4 rings (SSSR count). The average molecular weight is 374 g/mol. The first-order valence-electron chi connectivity index (χ1n) is 11.0. The van der Waals surface area contributed by atoms with Gasteiger partial charge in [-0.05, 0) is 51.6 Å². The minimum atomic E-state index is 0.698. The lowest BCUT2D eigenvalue weighted by Crippen LogP contribution is -2.43. The fourth-order valence-electron chi connectivity index (χ4n) is 4.67. The van der Waals surface area contributed by atoms with E-state index in [1.165, 1.54) is 63.6 Å². The standard InChI is InChI=1S/C21H35N5O/c1-3-8-25(9-4-1)21-22-16-19(17-23-21)18-26-10-5-2-6-20(26)7-11-24-12-14-27-15-13-24/h16-17,20H,1-15,18H2/t20-/m1/s1. The predicted octanol–water partition coefficient (Wildman–Crippen LogP) is 2.54. The average Bonchev–Trinajstić information content (AvgIpc) is 2.75. The molecule has 3 saturated heterocycles. The van der Waals surface area contributed by atoms with E-state index in [2.05, 4.69) is 37.1 Å². The molecule has 150 valence electrons. The first kappa shape index (κ1) is 19.1. The Morgan fingerprint density at radius 1 is 0.889 bits per heavy atom. The van der Waals surface area contributed by atoms with Crippen molar-refractivity contribution < 1.29 is 4.74 Å². The van der Waals surface area contributed by atoms with Crippen molar-refractivity contribution in [3.63, 3.8) is 0 Å². The number of hydrogen-bond donors (Lipinski definition) is 0. The molecule has 27 heavy (non-hydrogen) atoms. The summed E-state index contributed by atoms with van der Waals surface area (Å²) < 4.78 is 5.48. The molecule has 3 fully saturated rings. The van der Waals surface area contributed by atoms with E-state index in [1.807, 2.05) is 0 Å². The number of anilines is 1. The van der Waals surface area contributed by atoms with Crippen molar-refractivity contribution in [1.29, 1.82) is 0 Å². The van der Waals surface area contributed by atoms with Crippen LogP contribution in [0.3, 0.4) is 0 Å². The van der Waals surface area contributed by atoms with Gasteiger partial charge in [0.2, 0.25) is 5.95 Å². The van der Waals surface area contributed by atoms with Gasteiger partial charge in [-0.15, -0.1) is 0 Å². The Balaban J connectivity index is 1.30. The van der Waals surface area contributed by atoms with E-state index in [1.54, 1.807) is 0 Å². The lowest BCUT2D eigenvalue weighted by molar-refractivity contribution is 0.0302. The summed E-state index contributed by atoms with van der Waals surface area (Å²) in [5.74, 6) is 0.918. The molecular weight excluding hydrogens is 338 g/mol. The third-order valence-electron chi connectivity index (χ3n) is 6.35. The molecule has 0 aliphatic carbocycles. The highest BCUT2D eigenvalue weighted by atomic mass is 16.5. The molecule has 4 heterocycles. The zero-order valence-corrected chi connectivity index (χ0v) is 16.7. The molecule has 0 N–H and O–H groups in total. The van der Waals surface area contributed by atoms with Crippen molar-refractivity contribution in [2.75, 3.05) is 57.4 Å². The lowest BCUT2D eigenvalue weighted by Gasteiger charge is -2.37. The van der Waals surface area contributed by atoms with Gasteiger partial charge in [0.15, 0.2) is 0 Å². The van der Waals surface area contributed by atoms with E-state index in [9.17, 15) is 0 Å². The molecule has 6 heteroatoms. The molecule has 1 aromatic heterocycles. The SMILES string of the molecule is c1nc(N2CCCCC2)ncc1CN1CCCC[C@@H]1CCN1CCOCC1. The Morgan fingerprint density at radius 2 is 1.63 bits per heavy atom. The molecule has 0 unspecified atom stereocenters. The molecule has 0 spiro atoms. The second-order valence-electron chi connectivity index (χ2n) is 8.30. The second kappa shape index (κ2) is 9.80. The van der Waals surface area contributed by atoms with Crippen LogP contribution < -0.4 is 4.90 Å². The normalized spacial score (nSPS) is 25.6. The summed E-state index contributed by atoms with van der Waals surface area (Å²) >= 11 is 0. The van der Waals surface area contributed by atoms with Crippen LogP contribution in [0.25, 0.3) is 0 Å². The number of aromatic nitrogens is 2. The summed E-state index contributed by atoms with van der Waals surface area (Å²) in [6.45, 7) is 9.61. The third-order valence-corrected chi connectivity index (χ3v) is 6.35. The van der Waals surface area contributed by atoms with Crippen molar-refractivity contribution in [3.8, 4) is 0 Å². The molecule has 0 aromatic carbocycles. The molecule has 0 saturated carbocycles. The van der Waals surface area contributed by atoms with Gasteiger partial charge >= 0.3 is 0 Å². The van der Waals surface area contributed by atoms with Crippen molar-refractivity contribution in [2.24, 2.45) is 0 Å². The first-order valence-corrected chi connectivity index (χ1v) is 11.0. The number of piperidine rings is 2. The molecule has 1 aromatic rings. The van der Waals surface area contributed by atoms with Crippen molar-refractivity contribution in [2.45, 2.75) is 57.5 Å². The van der Waals surface area contributed by atoms with Crippen molar-refractivity contribution in [3.05, 3.63) is 18.0 Å². The molecule has 3 aliphatic rings. The maximum atomic E-state index is 5.48. The Morgan fingerprint density at radius 3 is 2.41 bits per heavy atom. The summed E-state index contributed by atoms with van der Waals surface area (Å²) in [4.78, 5) is 16.9. The summed E-state index contributed by atoms with van der Waals surface area (Å²) in [5.41, 5.74) is 1.26. The zero-order chi connectivity index (χ0) is 18.3. The summed E-state index contributed by atoms with van der Waals surface area (Å²) in [5, 5.41) is 0. The van der Waals surface area contributed by atoms with Gasteiger partial charge in [-0.3, -0.25) is 9.80 Å². The Bertz CT molecular complexity index is 554. The second-order valence-corrected chi connectivity index (χ2v) is 8.30. The lowest BCUT2D eigenvalue weighted by atomic mass is 9.98. The molecule has 1 atom stereocenters. The van der Waals surface area contributed by atoms with E-state index < -0.39 is 0 Å². The molecular formula is C21H35N5O.